The third kappa shape index (κ3) is 6.67. The Morgan fingerprint density at radius 2 is 1.13 bits per heavy atom. The molecule has 164 valence electrons. The van der Waals surface area contributed by atoms with Crippen molar-refractivity contribution >= 4 is 46.3 Å². The molecular weight excluding hydrogens is 431 g/mol. The molecule has 2 rings (SSSR count). The summed E-state index contributed by atoms with van der Waals surface area (Å²) in [4.78, 5) is 24.2. The molecule has 0 saturated heterocycles. The first kappa shape index (κ1) is 24.1. The molecule has 0 spiro atoms. The molecule has 30 heavy (non-hydrogen) atoms. The van der Waals surface area contributed by atoms with Gasteiger partial charge in [-0.2, -0.15) is 0 Å². The number of rotatable bonds is 8. The first-order chi connectivity index (χ1) is 14.2. The van der Waals surface area contributed by atoms with Gasteiger partial charge in [-0.25, -0.2) is 9.59 Å². The van der Waals surface area contributed by atoms with E-state index in [2.05, 4.69) is 0 Å². The molecule has 0 amide bonds. The zero-order chi connectivity index (χ0) is 22.3. The molecule has 0 unspecified atom stereocenters. The lowest BCUT2D eigenvalue weighted by Gasteiger charge is -2.16. The van der Waals surface area contributed by atoms with Crippen LogP contribution in [-0.4, -0.2) is 25.5 Å². The van der Waals surface area contributed by atoms with Gasteiger partial charge in [0.2, 0.25) is 0 Å². The van der Waals surface area contributed by atoms with Gasteiger partial charge < -0.3 is 18.9 Å². The van der Waals surface area contributed by atoms with Gasteiger partial charge in [0, 0.05) is 10.8 Å². The van der Waals surface area contributed by atoms with Crippen LogP contribution in [0, 0.1) is 11.8 Å². The van der Waals surface area contributed by atoms with Crippen LogP contribution in [0.25, 0.3) is 10.8 Å². The largest absolute Gasteiger partial charge is 0.513 e. The molecule has 0 aliphatic rings. The molecule has 2 aromatic rings. The van der Waals surface area contributed by atoms with E-state index in [1.807, 2.05) is 27.7 Å². The van der Waals surface area contributed by atoms with Crippen LogP contribution in [0.4, 0.5) is 9.59 Å². The molecule has 0 saturated carbocycles. The molecule has 2 aromatic carbocycles. The quantitative estimate of drug-likeness (QED) is 0.307. The Morgan fingerprint density at radius 3 is 1.47 bits per heavy atom. The SMILES string of the molecule is CC(C)CCOC(=O)Oc1c(Cl)c(Cl)c(OC(=O)OCCC(C)C)c2ccccc12. The fourth-order valence-electron chi connectivity index (χ4n) is 2.50. The highest BCUT2D eigenvalue weighted by atomic mass is 35.5. The fraction of sp³-hybridized carbons (Fsp3) is 0.455. The molecule has 0 bridgehead atoms. The van der Waals surface area contributed by atoms with Crippen LogP contribution in [0.5, 0.6) is 11.5 Å². The molecule has 0 radical (unpaired) electrons. The Kier molecular flexibility index (Phi) is 9.06. The average molecular weight is 457 g/mol. The maximum absolute atomic E-state index is 12.1. The lowest BCUT2D eigenvalue weighted by atomic mass is 10.1. The summed E-state index contributed by atoms with van der Waals surface area (Å²) in [6.45, 7) is 8.53. The van der Waals surface area contributed by atoms with E-state index in [0.29, 0.717) is 35.4 Å². The number of fused-ring (bicyclic) bond motifs is 1. The molecule has 0 aromatic heterocycles. The van der Waals surface area contributed by atoms with Crippen molar-refractivity contribution < 1.29 is 28.5 Å². The third-order valence-electron chi connectivity index (χ3n) is 4.21. The Morgan fingerprint density at radius 1 is 0.767 bits per heavy atom. The number of hydrogen-bond donors (Lipinski definition) is 0. The topological polar surface area (TPSA) is 71.1 Å². The summed E-state index contributed by atoms with van der Waals surface area (Å²) in [5, 5.41) is 0.748. The predicted octanol–water partition coefficient (Wildman–Crippen LogP) is 7.27. The van der Waals surface area contributed by atoms with Crippen LogP contribution in [0.3, 0.4) is 0 Å². The smallest absolute Gasteiger partial charge is 0.434 e. The molecular formula is C22H26Cl2O6. The summed E-state index contributed by atoms with van der Waals surface area (Å²) in [6, 6.07) is 6.80. The average Bonchev–Trinajstić information content (AvgIpc) is 2.68. The van der Waals surface area contributed by atoms with Gasteiger partial charge >= 0.3 is 12.3 Å². The van der Waals surface area contributed by atoms with Crippen molar-refractivity contribution in [1.82, 2.24) is 0 Å². The highest BCUT2D eigenvalue weighted by molar-refractivity contribution is 6.45. The van der Waals surface area contributed by atoms with Crippen molar-refractivity contribution in [2.45, 2.75) is 40.5 Å². The van der Waals surface area contributed by atoms with Crippen LogP contribution >= 0.6 is 23.2 Å². The van der Waals surface area contributed by atoms with Gasteiger partial charge in [0.05, 0.1) is 13.2 Å². The number of benzene rings is 2. The van der Waals surface area contributed by atoms with Crippen molar-refractivity contribution in [3.05, 3.63) is 34.3 Å². The second-order valence-electron chi connectivity index (χ2n) is 7.60. The molecule has 0 heterocycles. The van der Waals surface area contributed by atoms with Crippen LogP contribution in [-0.2, 0) is 9.47 Å². The van der Waals surface area contributed by atoms with Crippen molar-refractivity contribution in [2.75, 3.05) is 13.2 Å². The van der Waals surface area contributed by atoms with Gasteiger partial charge in [-0.3, -0.25) is 0 Å². The van der Waals surface area contributed by atoms with Gasteiger partial charge in [0.25, 0.3) is 0 Å². The van der Waals surface area contributed by atoms with Crippen LogP contribution in [0.15, 0.2) is 24.3 Å². The Labute approximate surface area is 186 Å². The van der Waals surface area contributed by atoms with E-state index < -0.39 is 12.3 Å². The summed E-state index contributed by atoms with van der Waals surface area (Å²) in [5.74, 6) is 0.835. The number of ether oxygens (including phenoxy) is 4. The summed E-state index contributed by atoms with van der Waals surface area (Å²) in [7, 11) is 0. The summed E-state index contributed by atoms with van der Waals surface area (Å²) >= 11 is 12.7. The van der Waals surface area contributed by atoms with E-state index in [4.69, 9.17) is 42.1 Å². The zero-order valence-corrected chi connectivity index (χ0v) is 19.0. The lowest BCUT2D eigenvalue weighted by Crippen LogP contribution is -2.14. The Balaban J connectivity index is 2.26. The van der Waals surface area contributed by atoms with Crippen LogP contribution < -0.4 is 9.47 Å². The minimum atomic E-state index is -0.888. The molecule has 0 fully saturated rings. The van der Waals surface area contributed by atoms with Gasteiger partial charge in [0.15, 0.2) is 11.5 Å². The molecule has 0 aliphatic carbocycles. The van der Waals surface area contributed by atoms with Crippen molar-refractivity contribution in [3.8, 4) is 11.5 Å². The minimum Gasteiger partial charge on any atom is -0.434 e. The van der Waals surface area contributed by atoms with Gasteiger partial charge in [-0.05, 0) is 24.7 Å². The van der Waals surface area contributed by atoms with E-state index in [1.54, 1.807) is 24.3 Å². The fourth-order valence-corrected chi connectivity index (χ4v) is 2.95. The summed E-state index contributed by atoms with van der Waals surface area (Å²) in [5.41, 5.74) is 0. The molecule has 8 heteroatoms. The van der Waals surface area contributed by atoms with Crippen molar-refractivity contribution in [2.24, 2.45) is 11.8 Å². The number of halogens is 2. The number of carbonyl (C=O) groups is 2. The van der Waals surface area contributed by atoms with E-state index >= 15 is 0 Å². The normalized spacial score (nSPS) is 11.1. The molecule has 0 atom stereocenters. The van der Waals surface area contributed by atoms with E-state index in [-0.39, 0.29) is 34.8 Å². The van der Waals surface area contributed by atoms with Crippen molar-refractivity contribution in [3.63, 3.8) is 0 Å². The molecule has 0 N–H and O–H groups in total. The van der Waals surface area contributed by atoms with Crippen LogP contribution in [0.1, 0.15) is 40.5 Å². The Bertz CT molecular complexity index is 822. The summed E-state index contributed by atoms with van der Waals surface area (Å²) in [6.07, 6.45) is -0.368. The maximum atomic E-state index is 12.1. The van der Waals surface area contributed by atoms with Crippen molar-refractivity contribution in [1.29, 1.82) is 0 Å². The summed E-state index contributed by atoms with van der Waals surface area (Å²) < 4.78 is 20.8. The number of hydrogen-bond acceptors (Lipinski definition) is 6. The minimum absolute atomic E-state index is 0.0346. The zero-order valence-electron chi connectivity index (χ0n) is 17.5. The first-order valence-corrected chi connectivity index (χ1v) is 10.5. The predicted molar refractivity (Wildman–Crippen MR) is 117 cm³/mol. The van der Waals surface area contributed by atoms with E-state index in [1.165, 1.54) is 0 Å². The van der Waals surface area contributed by atoms with E-state index in [9.17, 15) is 9.59 Å². The second-order valence-corrected chi connectivity index (χ2v) is 8.35. The standard InChI is InChI=1S/C22H26Cl2O6/c1-13(2)9-11-27-21(25)29-19-15-7-5-6-8-16(15)20(18(24)17(19)23)30-22(26)28-12-10-14(3)4/h5-8,13-14H,9-12H2,1-4H3. The van der Waals surface area contributed by atoms with Gasteiger partial charge in [-0.1, -0.05) is 75.2 Å². The lowest BCUT2D eigenvalue weighted by molar-refractivity contribution is 0.0934. The van der Waals surface area contributed by atoms with E-state index in [0.717, 1.165) is 0 Å². The van der Waals surface area contributed by atoms with Gasteiger partial charge in [-0.15, -0.1) is 0 Å². The first-order valence-electron chi connectivity index (χ1n) is 9.79. The number of carbonyl (C=O) groups excluding carboxylic acids is 2. The monoisotopic (exact) mass is 456 g/mol. The Hall–Kier alpha value is -2.18. The molecule has 0 aliphatic heterocycles. The third-order valence-corrected chi connectivity index (χ3v) is 5.03. The second kappa shape index (κ2) is 11.3. The maximum Gasteiger partial charge on any atom is 0.513 e. The molecule has 6 nitrogen and oxygen atoms in total. The van der Waals surface area contributed by atoms with Gasteiger partial charge in [0.1, 0.15) is 10.0 Å². The highest BCUT2D eigenvalue weighted by Gasteiger charge is 2.24. The highest BCUT2D eigenvalue weighted by Crippen LogP contribution is 2.46. The van der Waals surface area contributed by atoms with Crippen LogP contribution in [0.2, 0.25) is 10.0 Å².